The van der Waals surface area contributed by atoms with Crippen LogP contribution in [0.3, 0.4) is 0 Å². The van der Waals surface area contributed by atoms with Crippen molar-refractivity contribution in [2.75, 3.05) is 0 Å². The lowest BCUT2D eigenvalue weighted by Crippen LogP contribution is -2.42. The number of aromatic nitrogens is 3. The first-order chi connectivity index (χ1) is 9.56. The van der Waals surface area contributed by atoms with Gasteiger partial charge in [-0.2, -0.15) is 15.4 Å². The van der Waals surface area contributed by atoms with Crippen LogP contribution in [0.4, 0.5) is 0 Å². The van der Waals surface area contributed by atoms with E-state index in [9.17, 15) is 9.59 Å². The van der Waals surface area contributed by atoms with Crippen molar-refractivity contribution >= 4 is 11.9 Å². The lowest BCUT2D eigenvalue weighted by atomic mass is 10.1. The number of carbonyl (C=O) groups excluding carboxylic acids is 1. The van der Waals surface area contributed by atoms with Crippen molar-refractivity contribution in [2.45, 2.75) is 12.5 Å². The smallest absolute Gasteiger partial charge is 0.326 e. The maximum absolute atomic E-state index is 11.7. The lowest BCUT2D eigenvalue weighted by molar-refractivity contribution is -0.139. The number of hydrogen-bond acceptors (Lipinski definition) is 5. The van der Waals surface area contributed by atoms with Crippen molar-refractivity contribution in [3.8, 4) is 5.75 Å². The Balaban J connectivity index is 2.06. The van der Waals surface area contributed by atoms with Gasteiger partial charge in [0.2, 0.25) is 0 Å². The molecule has 20 heavy (non-hydrogen) atoms. The van der Waals surface area contributed by atoms with Crippen molar-refractivity contribution in [2.24, 2.45) is 0 Å². The van der Waals surface area contributed by atoms with Gasteiger partial charge in [-0.05, 0) is 17.7 Å². The minimum absolute atomic E-state index is 0.0157. The number of hydrogen-bond donors (Lipinski definition) is 4. The summed E-state index contributed by atoms with van der Waals surface area (Å²) in [5.41, 5.74) is 0.692. The molecule has 104 valence electrons. The molecule has 2 aromatic rings. The predicted molar refractivity (Wildman–Crippen MR) is 67.1 cm³/mol. The molecule has 0 radical (unpaired) electrons. The largest absolute Gasteiger partial charge is 0.508 e. The van der Waals surface area contributed by atoms with Gasteiger partial charge in [0.15, 0.2) is 5.69 Å². The third kappa shape index (κ3) is 3.31. The minimum atomic E-state index is -1.16. The summed E-state index contributed by atoms with van der Waals surface area (Å²) < 4.78 is 0. The summed E-state index contributed by atoms with van der Waals surface area (Å²) in [7, 11) is 0. The number of benzene rings is 1. The summed E-state index contributed by atoms with van der Waals surface area (Å²) in [5, 5.41) is 30.0. The number of aromatic amines is 1. The third-order valence-corrected chi connectivity index (χ3v) is 2.63. The molecule has 2 rings (SSSR count). The predicted octanol–water partition coefficient (Wildman–Crippen LogP) is -0.0640. The number of phenolic OH excluding ortho intramolecular Hbond substituents is 1. The Bertz CT molecular complexity index is 594. The average Bonchev–Trinajstić information content (AvgIpc) is 2.94. The molecule has 1 atom stereocenters. The normalized spacial score (nSPS) is 11.8. The van der Waals surface area contributed by atoms with E-state index < -0.39 is 17.9 Å². The molecule has 8 nitrogen and oxygen atoms in total. The van der Waals surface area contributed by atoms with Crippen LogP contribution in [0.1, 0.15) is 16.1 Å². The van der Waals surface area contributed by atoms with Gasteiger partial charge in [-0.1, -0.05) is 12.1 Å². The number of carboxylic acid groups (broad SMARTS) is 1. The second kappa shape index (κ2) is 5.83. The highest BCUT2D eigenvalue weighted by Gasteiger charge is 2.22. The van der Waals surface area contributed by atoms with Crippen LogP contribution in [-0.2, 0) is 11.2 Å². The Morgan fingerprint density at radius 2 is 2.00 bits per heavy atom. The van der Waals surface area contributed by atoms with E-state index in [1.807, 2.05) is 0 Å². The van der Waals surface area contributed by atoms with Gasteiger partial charge in [0, 0.05) is 6.42 Å². The van der Waals surface area contributed by atoms with Crippen LogP contribution in [0.2, 0.25) is 0 Å². The standard InChI is InChI=1S/C12H12N4O4/c17-8-3-1-7(2-4-8)5-9(12(19)20)14-11(18)10-6-13-16-15-10/h1-4,6,9,17H,5H2,(H,14,18)(H,19,20)(H,13,15,16). The van der Waals surface area contributed by atoms with Gasteiger partial charge in [-0.3, -0.25) is 4.79 Å². The molecule has 0 fully saturated rings. The molecule has 0 bridgehead atoms. The highest BCUT2D eigenvalue weighted by molar-refractivity contribution is 5.94. The molecule has 0 aliphatic rings. The van der Waals surface area contributed by atoms with Crippen molar-refractivity contribution < 1.29 is 19.8 Å². The Morgan fingerprint density at radius 1 is 1.30 bits per heavy atom. The second-order valence-corrected chi connectivity index (χ2v) is 4.09. The molecule has 1 aromatic carbocycles. The number of carbonyl (C=O) groups is 2. The van der Waals surface area contributed by atoms with E-state index in [0.717, 1.165) is 0 Å². The maximum Gasteiger partial charge on any atom is 0.326 e. The van der Waals surface area contributed by atoms with E-state index in [0.29, 0.717) is 5.56 Å². The Labute approximate surface area is 113 Å². The van der Waals surface area contributed by atoms with Crippen LogP contribution in [0.15, 0.2) is 30.5 Å². The van der Waals surface area contributed by atoms with E-state index >= 15 is 0 Å². The molecule has 0 aliphatic carbocycles. The van der Waals surface area contributed by atoms with Crippen LogP contribution in [0.25, 0.3) is 0 Å². The number of rotatable bonds is 5. The average molecular weight is 276 g/mol. The summed E-state index contributed by atoms with van der Waals surface area (Å²) >= 11 is 0. The molecule has 1 amide bonds. The van der Waals surface area contributed by atoms with Crippen molar-refractivity contribution in [1.29, 1.82) is 0 Å². The molecule has 1 heterocycles. The maximum atomic E-state index is 11.7. The van der Waals surface area contributed by atoms with Crippen LogP contribution in [0.5, 0.6) is 5.75 Å². The fourth-order valence-electron chi connectivity index (χ4n) is 1.61. The Hall–Kier alpha value is -2.90. The van der Waals surface area contributed by atoms with Crippen LogP contribution < -0.4 is 5.32 Å². The molecule has 0 spiro atoms. The number of nitrogens with zero attached hydrogens (tertiary/aromatic N) is 2. The lowest BCUT2D eigenvalue weighted by Gasteiger charge is -2.13. The molecule has 0 aliphatic heterocycles. The molecule has 8 heteroatoms. The zero-order chi connectivity index (χ0) is 14.5. The van der Waals surface area contributed by atoms with Crippen LogP contribution in [-0.4, -0.2) is 43.5 Å². The van der Waals surface area contributed by atoms with Gasteiger partial charge < -0.3 is 15.5 Å². The third-order valence-electron chi connectivity index (χ3n) is 2.63. The van der Waals surface area contributed by atoms with Gasteiger partial charge in [0.1, 0.15) is 11.8 Å². The zero-order valence-electron chi connectivity index (χ0n) is 10.3. The molecule has 0 saturated carbocycles. The van der Waals surface area contributed by atoms with E-state index in [4.69, 9.17) is 10.2 Å². The summed E-state index contributed by atoms with van der Waals surface area (Å²) in [6.45, 7) is 0. The summed E-state index contributed by atoms with van der Waals surface area (Å²) in [6.07, 6.45) is 1.30. The number of aromatic hydroxyl groups is 1. The van der Waals surface area contributed by atoms with Gasteiger partial charge in [0.25, 0.3) is 5.91 Å². The number of carboxylic acids is 1. The first kappa shape index (κ1) is 13.5. The number of H-pyrrole nitrogens is 1. The van der Waals surface area contributed by atoms with Crippen LogP contribution in [0, 0.1) is 0 Å². The number of amides is 1. The topological polar surface area (TPSA) is 128 Å². The zero-order valence-corrected chi connectivity index (χ0v) is 10.3. The van der Waals surface area contributed by atoms with Crippen molar-refractivity contribution in [3.05, 3.63) is 41.7 Å². The highest BCUT2D eigenvalue weighted by Crippen LogP contribution is 2.11. The summed E-state index contributed by atoms with van der Waals surface area (Å²) in [5.74, 6) is -1.69. The molecular formula is C12H12N4O4. The molecular weight excluding hydrogens is 264 g/mol. The SMILES string of the molecule is O=C(NC(Cc1ccc(O)cc1)C(=O)O)c1cn[nH]n1. The van der Waals surface area contributed by atoms with Gasteiger partial charge in [0.05, 0.1) is 6.20 Å². The number of nitrogens with one attached hydrogen (secondary N) is 2. The molecule has 0 saturated heterocycles. The van der Waals surface area contributed by atoms with E-state index in [-0.39, 0.29) is 17.9 Å². The summed E-state index contributed by atoms with van der Waals surface area (Å²) in [4.78, 5) is 22.9. The van der Waals surface area contributed by atoms with E-state index in [1.54, 1.807) is 12.1 Å². The van der Waals surface area contributed by atoms with E-state index in [2.05, 4.69) is 20.7 Å². The fourth-order valence-corrected chi connectivity index (χ4v) is 1.61. The first-order valence-electron chi connectivity index (χ1n) is 5.73. The second-order valence-electron chi connectivity index (χ2n) is 4.09. The Morgan fingerprint density at radius 3 is 2.55 bits per heavy atom. The quantitative estimate of drug-likeness (QED) is 0.605. The van der Waals surface area contributed by atoms with Gasteiger partial charge in [-0.15, -0.1) is 0 Å². The molecule has 4 N–H and O–H groups in total. The highest BCUT2D eigenvalue weighted by atomic mass is 16.4. The van der Waals surface area contributed by atoms with Crippen molar-refractivity contribution in [1.82, 2.24) is 20.7 Å². The number of aliphatic carboxylic acids is 1. The number of phenols is 1. The monoisotopic (exact) mass is 276 g/mol. The van der Waals surface area contributed by atoms with Gasteiger partial charge >= 0.3 is 5.97 Å². The molecule has 1 aromatic heterocycles. The van der Waals surface area contributed by atoms with Crippen molar-refractivity contribution in [3.63, 3.8) is 0 Å². The van der Waals surface area contributed by atoms with Gasteiger partial charge in [-0.25, -0.2) is 4.79 Å². The minimum Gasteiger partial charge on any atom is -0.508 e. The van der Waals surface area contributed by atoms with Crippen LogP contribution >= 0.6 is 0 Å². The molecule has 1 unspecified atom stereocenters. The van der Waals surface area contributed by atoms with E-state index in [1.165, 1.54) is 18.3 Å². The fraction of sp³-hybridized carbons (Fsp3) is 0.167. The Kier molecular flexibility index (Phi) is 3.94. The first-order valence-corrected chi connectivity index (χ1v) is 5.73. The summed E-state index contributed by atoms with van der Waals surface area (Å²) in [6, 6.07) is 4.99.